The Hall–Kier alpha value is -2.86. The van der Waals surface area contributed by atoms with Gasteiger partial charge in [-0.2, -0.15) is 0 Å². The number of hydrogen-bond donors (Lipinski definition) is 3. The van der Waals surface area contributed by atoms with Gasteiger partial charge in [0.25, 0.3) is 5.91 Å². The Kier molecular flexibility index (Phi) is 5.23. The number of carbonyl (C=O) groups excluding carboxylic acids is 2. The van der Waals surface area contributed by atoms with Crippen LogP contribution in [-0.4, -0.2) is 28.6 Å². The van der Waals surface area contributed by atoms with Crippen molar-refractivity contribution < 1.29 is 14.8 Å². The molecule has 3 amide bonds. The summed E-state index contributed by atoms with van der Waals surface area (Å²) in [4.78, 5) is 26.0. The molecule has 26 heavy (non-hydrogen) atoms. The van der Waals surface area contributed by atoms with Gasteiger partial charge in [-0.05, 0) is 54.2 Å². The molecule has 0 fully saturated rings. The van der Waals surface area contributed by atoms with Crippen LogP contribution < -0.4 is 10.8 Å². The normalized spacial score (nSPS) is 13.1. The molecular formula is C20H23N3O3. The Labute approximate surface area is 152 Å². The van der Waals surface area contributed by atoms with Crippen molar-refractivity contribution in [2.45, 2.75) is 33.2 Å². The van der Waals surface area contributed by atoms with E-state index in [4.69, 9.17) is 5.21 Å². The minimum absolute atomic E-state index is 0.114. The lowest BCUT2D eigenvalue weighted by atomic mass is 9.97. The lowest BCUT2D eigenvalue weighted by molar-refractivity contribution is 0.0706. The van der Waals surface area contributed by atoms with Gasteiger partial charge in [-0.1, -0.05) is 31.2 Å². The van der Waals surface area contributed by atoms with Crippen LogP contribution in [0.15, 0.2) is 36.4 Å². The molecule has 0 spiro atoms. The fraction of sp³-hybridized carbons (Fsp3) is 0.300. The number of nitrogens with one attached hydrogen (secondary N) is 2. The first-order valence-electron chi connectivity index (χ1n) is 8.74. The highest BCUT2D eigenvalue weighted by Crippen LogP contribution is 2.24. The first kappa shape index (κ1) is 17.9. The average molecular weight is 353 g/mol. The van der Waals surface area contributed by atoms with Gasteiger partial charge in [0.2, 0.25) is 0 Å². The molecule has 0 aliphatic carbocycles. The second-order valence-electron chi connectivity index (χ2n) is 6.49. The predicted octanol–water partition coefficient (Wildman–Crippen LogP) is 3.27. The van der Waals surface area contributed by atoms with Crippen molar-refractivity contribution in [2.75, 3.05) is 11.9 Å². The predicted molar refractivity (Wildman–Crippen MR) is 99.4 cm³/mol. The fourth-order valence-electron chi connectivity index (χ4n) is 3.32. The van der Waals surface area contributed by atoms with Crippen molar-refractivity contribution in [1.29, 1.82) is 0 Å². The van der Waals surface area contributed by atoms with E-state index in [9.17, 15) is 9.59 Å². The van der Waals surface area contributed by atoms with Gasteiger partial charge >= 0.3 is 6.03 Å². The zero-order valence-corrected chi connectivity index (χ0v) is 15.0. The molecule has 1 aliphatic rings. The summed E-state index contributed by atoms with van der Waals surface area (Å²) in [5, 5.41) is 11.8. The molecule has 0 radical (unpaired) electrons. The van der Waals surface area contributed by atoms with Crippen LogP contribution in [-0.2, 0) is 19.4 Å². The van der Waals surface area contributed by atoms with Crippen molar-refractivity contribution in [3.05, 3.63) is 64.2 Å². The van der Waals surface area contributed by atoms with Crippen LogP contribution >= 0.6 is 0 Å². The minimum Gasteiger partial charge on any atom is -0.320 e. The number of anilines is 1. The number of hydroxylamine groups is 1. The van der Waals surface area contributed by atoms with E-state index >= 15 is 0 Å². The average Bonchev–Trinajstić information content (AvgIpc) is 2.67. The van der Waals surface area contributed by atoms with Gasteiger partial charge in [0.15, 0.2) is 0 Å². The van der Waals surface area contributed by atoms with E-state index in [0.29, 0.717) is 25.1 Å². The first-order valence-corrected chi connectivity index (χ1v) is 8.74. The molecule has 2 aromatic carbocycles. The number of urea groups is 1. The third-order valence-corrected chi connectivity index (χ3v) is 4.84. The highest BCUT2D eigenvalue weighted by Gasteiger charge is 2.22. The summed E-state index contributed by atoms with van der Waals surface area (Å²) in [5.74, 6) is -0.528. The SMILES string of the molecule is CCc1cccc(C)c1NC(=O)N1CCc2cc(C(=O)NO)ccc2C1. The molecule has 3 N–H and O–H groups in total. The van der Waals surface area contributed by atoms with E-state index in [2.05, 4.69) is 12.2 Å². The summed E-state index contributed by atoms with van der Waals surface area (Å²) >= 11 is 0. The van der Waals surface area contributed by atoms with Gasteiger partial charge < -0.3 is 10.2 Å². The standard InChI is InChI=1S/C20H23N3O3/c1-3-14-6-4-5-13(2)18(14)21-20(25)23-10-9-15-11-16(19(24)22-26)7-8-17(15)12-23/h4-8,11,26H,3,9-10,12H2,1-2H3,(H,21,25)(H,22,24). The summed E-state index contributed by atoms with van der Waals surface area (Å²) in [6.45, 7) is 5.14. The Balaban J connectivity index is 1.75. The van der Waals surface area contributed by atoms with Crippen LogP contribution in [0.1, 0.15) is 39.5 Å². The zero-order chi connectivity index (χ0) is 18.7. The van der Waals surface area contributed by atoms with Gasteiger partial charge in [-0.25, -0.2) is 10.3 Å². The van der Waals surface area contributed by atoms with Gasteiger partial charge in [0, 0.05) is 24.3 Å². The maximum Gasteiger partial charge on any atom is 0.322 e. The maximum atomic E-state index is 12.7. The quantitative estimate of drug-likeness (QED) is 0.585. The van der Waals surface area contributed by atoms with E-state index in [1.165, 1.54) is 0 Å². The van der Waals surface area contributed by atoms with Crippen LogP contribution in [0.3, 0.4) is 0 Å². The van der Waals surface area contributed by atoms with Crippen molar-refractivity contribution >= 4 is 17.6 Å². The first-order chi connectivity index (χ1) is 12.5. The number of nitrogens with zero attached hydrogens (tertiary/aromatic N) is 1. The van der Waals surface area contributed by atoms with E-state index in [-0.39, 0.29) is 6.03 Å². The van der Waals surface area contributed by atoms with Crippen LogP contribution in [0.4, 0.5) is 10.5 Å². The zero-order valence-electron chi connectivity index (χ0n) is 15.0. The van der Waals surface area contributed by atoms with Gasteiger partial charge in [0.1, 0.15) is 0 Å². The highest BCUT2D eigenvalue weighted by molar-refractivity contribution is 5.94. The smallest absolute Gasteiger partial charge is 0.320 e. The molecule has 1 heterocycles. The Morgan fingerprint density at radius 3 is 2.73 bits per heavy atom. The van der Waals surface area contributed by atoms with Crippen LogP contribution in [0.2, 0.25) is 0 Å². The summed E-state index contributed by atoms with van der Waals surface area (Å²) in [5.41, 5.74) is 7.16. The number of amides is 3. The summed E-state index contributed by atoms with van der Waals surface area (Å²) < 4.78 is 0. The number of hydrogen-bond acceptors (Lipinski definition) is 3. The van der Waals surface area contributed by atoms with E-state index < -0.39 is 5.91 Å². The molecular weight excluding hydrogens is 330 g/mol. The Bertz CT molecular complexity index is 848. The highest BCUT2D eigenvalue weighted by atomic mass is 16.5. The molecule has 0 saturated carbocycles. The Morgan fingerprint density at radius 2 is 2.00 bits per heavy atom. The molecule has 136 valence electrons. The lowest BCUT2D eigenvalue weighted by Gasteiger charge is -2.30. The number of aryl methyl sites for hydroxylation is 2. The molecule has 6 nitrogen and oxygen atoms in total. The largest absolute Gasteiger partial charge is 0.322 e. The van der Waals surface area contributed by atoms with Crippen LogP contribution in [0.5, 0.6) is 0 Å². The summed E-state index contributed by atoms with van der Waals surface area (Å²) in [7, 11) is 0. The number of fused-ring (bicyclic) bond motifs is 1. The van der Waals surface area contributed by atoms with Crippen LogP contribution in [0.25, 0.3) is 0 Å². The van der Waals surface area contributed by atoms with E-state index in [1.54, 1.807) is 22.5 Å². The third kappa shape index (κ3) is 3.55. The fourth-order valence-corrected chi connectivity index (χ4v) is 3.32. The maximum absolute atomic E-state index is 12.7. The molecule has 2 aromatic rings. The number of rotatable bonds is 3. The van der Waals surface area contributed by atoms with Crippen molar-refractivity contribution in [3.63, 3.8) is 0 Å². The molecule has 0 saturated heterocycles. The van der Waals surface area contributed by atoms with Gasteiger partial charge in [-0.3, -0.25) is 10.0 Å². The summed E-state index contributed by atoms with van der Waals surface area (Å²) in [6, 6.07) is 11.2. The Morgan fingerprint density at radius 1 is 1.19 bits per heavy atom. The minimum atomic E-state index is -0.528. The second kappa shape index (κ2) is 7.58. The monoisotopic (exact) mass is 353 g/mol. The molecule has 0 bridgehead atoms. The number of carbonyl (C=O) groups is 2. The third-order valence-electron chi connectivity index (χ3n) is 4.84. The lowest BCUT2D eigenvalue weighted by Crippen LogP contribution is -2.39. The van der Waals surface area contributed by atoms with Crippen molar-refractivity contribution in [3.8, 4) is 0 Å². The second-order valence-corrected chi connectivity index (χ2v) is 6.49. The number of benzene rings is 2. The molecule has 0 unspecified atom stereocenters. The van der Waals surface area contributed by atoms with Crippen LogP contribution in [0, 0.1) is 6.92 Å². The van der Waals surface area contributed by atoms with Gasteiger partial charge in [0.05, 0.1) is 0 Å². The molecule has 3 rings (SSSR count). The summed E-state index contributed by atoms with van der Waals surface area (Å²) in [6.07, 6.45) is 1.53. The molecule has 0 atom stereocenters. The van der Waals surface area contributed by atoms with Crippen molar-refractivity contribution in [2.24, 2.45) is 0 Å². The molecule has 0 aromatic heterocycles. The molecule has 6 heteroatoms. The van der Waals surface area contributed by atoms with E-state index in [1.807, 2.05) is 31.2 Å². The topological polar surface area (TPSA) is 81.7 Å². The van der Waals surface area contributed by atoms with Gasteiger partial charge in [-0.15, -0.1) is 0 Å². The molecule has 1 aliphatic heterocycles. The number of para-hydroxylation sites is 1. The van der Waals surface area contributed by atoms with Crippen molar-refractivity contribution in [1.82, 2.24) is 10.4 Å². The van der Waals surface area contributed by atoms with E-state index in [0.717, 1.165) is 34.4 Å².